The second kappa shape index (κ2) is 3.72. The van der Waals surface area contributed by atoms with Crippen molar-refractivity contribution in [2.45, 2.75) is 0 Å². The fourth-order valence-electron chi connectivity index (χ4n) is 1.63. The van der Waals surface area contributed by atoms with E-state index in [1.165, 1.54) is 18.2 Å². The van der Waals surface area contributed by atoms with Gasteiger partial charge in [0, 0.05) is 5.03 Å². The number of rotatable bonds is 2. The van der Waals surface area contributed by atoms with E-state index < -0.39 is 17.5 Å². The minimum Gasteiger partial charge on any atom is -0.297 e. The van der Waals surface area contributed by atoms with E-state index in [1.54, 1.807) is 0 Å². The van der Waals surface area contributed by atoms with Gasteiger partial charge in [-0.2, -0.15) is 0 Å². The van der Waals surface area contributed by atoms with Crippen LogP contribution in [-0.4, -0.2) is 18.2 Å². The highest BCUT2D eigenvalue weighted by atomic mass is 35.5. The van der Waals surface area contributed by atoms with Crippen molar-refractivity contribution in [2.75, 3.05) is 11.4 Å². The van der Waals surface area contributed by atoms with Gasteiger partial charge < -0.3 is 0 Å². The molecule has 0 aromatic heterocycles. The molecule has 0 spiro atoms. The van der Waals surface area contributed by atoms with Crippen LogP contribution >= 0.6 is 11.6 Å². The first-order valence-corrected chi connectivity index (χ1v) is 4.88. The van der Waals surface area contributed by atoms with E-state index in [0.29, 0.717) is 0 Å². The van der Waals surface area contributed by atoms with Crippen molar-refractivity contribution in [2.24, 2.45) is 0 Å². The number of nitrogens with zero attached hydrogens (tertiary/aromatic N) is 1. The summed E-state index contributed by atoms with van der Waals surface area (Å²) in [4.78, 5) is 24.1. The number of carbonyl (C=O) groups excluding carboxylic acids is 2. The number of carbonyl (C=O) groups is 2. The molecule has 3 nitrogen and oxygen atoms in total. The minimum atomic E-state index is -0.776. The summed E-state index contributed by atoms with van der Waals surface area (Å²) in [5, 5.41) is 0.164. The summed E-state index contributed by atoms with van der Waals surface area (Å²) >= 11 is 5.57. The molecule has 2 rings (SSSR count). The first-order valence-electron chi connectivity index (χ1n) is 4.50. The van der Waals surface area contributed by atoms with Gasteiger partial charge in [-0.25, -0.2) is 4.39 Å². The molecule has 0 unspecified atom stereocenters. The SMILES string of the molecule is C=C(Cl)CN1C(=O)C(=O)c2cccc(F)c21. The van der Waals surface area contributed by atoms with Gasteiger partial charge in [-0.3, -0.25) is 14.5 Å². The topological polar surface area (TPSA) is 37.4 Å². The highest BCUT2D eigenvalue weighted by Crippen LogP contribution is 2.32. The third kappa shape index (κ3) is 1.51. The Morgan fingerprint density at radius 1 is 1.44 bits per heavy atom. The Balaban J connectivity index is 2.56. The Hall–Kier alpha value is -1.68. The molecule has 0 saturated heterocycles. The molecule has 1 aromatic carbocycles. The van der Waals surface area contributed by atoms with Crippen molar-refractivity contribution in [3.05, 3.63) is 41.2 Å². The largest absolute Gasteiger partial charge is 0.299 e. The quantitative estimate of drug-likeness (QED) is 0.742. The Kier molecular flexibility index (Phi) is 2.52. The molecule has 0 saturated carbocycles. The summed E-state index contributed by atoms with van der Waals surface area (Å²) < 4.78 is 13.5. The number of amides is 1. The molecule has 0 aliphatic carbocycles. The van der Waals surface area contributed by atoms with Gasteiger partial charge in [-0.15, -0.1) is 0 Å². The molecule has 0 radical (unpaired) electrons. The third-order valence-electron chi connectivity index (χ3n) is 2.27. The molecule has 5 heteroatoms. The van der Waals surface area contributed by atoms with Crippen molar-refractivity contribution in [1.82, 2.24) is 0 Å². The van der Waals surface area contributed by atoms with Gasteiger partial charge in [-0.05, 0) is 12.1 Å². The monoisotopic (exact) mass is 239 g/mol. The number of para-hydroxylation sites is 1. The first-order chi connectivity index (χ1) is 7.52. The molecule has 1 amide bonds. The Bertz CT molecular complexity index is 513. The second-order valence-electron chi connectivity index (χ2n) is 3.37. The number of fused-ring (bicyclic) bond motifs is 1. The third-order valence-corrected chi connectivity index (χ3v) is 2.39. The van der Waals surface area contributed by atoms with Crippen LogP contribution in [0.15, 0.2) is 29.8 Å². The maximum absolute atomic E-state index is 13.5. The zero-order chi connectivity index (χ0) is 11.9. The first kappa shape index (κ1) is 10.8. The summed E-state index contributed by atoms with van der Waals surface area (Å²) in [7, 11) is 0. The number of anilines is 1. The van der Waals surface area contributed by atoms with Crippen LogP contribution in [0, 0.1) is 5.82 Å². The predicted molar refractivity (Wildman–Crippen MR) is 58.1 cm³/mol. The van der Waals surface area contributed by atoms with Crippen molar-refractivity contribution in [1.29, 1.82) is 0 Å². The molecule has 1 aliphatic rings. The summed E-state index contributed by atoms with van der Waals surface area (Å²) in [5.74, 6) is -2.11. The molecule has 0 N–H and O–H groups in total. The van der Waals surface area contributed by atoms with Crippen LogP contribution in [0.25, 0.3) is 0 Å². The molecule has 16 heavy (non-hydrogen) atoms. The number of ketones is 1. The number of benzene rings is 1. The summed E-state index contributed by atoms with van der Waals surface area (Å²) in [6, 6.07) is 3.99. The summed E-state index contributed by atoms with van der Waals surface area (Å²) in [6.45, 7) is 3.35. The number of Topliss-reactive ketones (excluding diaryl/α,β-unsaturated/α-hetero) is 1. The van der Waals surface area contributed by atoms with Gasteiger partial charge in [-0.1, -0.05) is 24.2 Å². The fourth-order valence-corrected chi connectivity index (χ4v) is 1.75. The van der Waals surface area contributed by atoms with Crippen LogP contribution in [0.5, 0.6) is 0 Å². The van der Waals surface area contributed by atoms with Crippen molar-refractivity contribution < 1.29 is 14.0 Å². The van der Waals surface area contributed by atoms with Gasteiger partial charge in [0.15, 0.2) is 0 Å². The lowest BCUT2D eigenvalue weighted by Gasteiger charge is -2.15. The van der Waals surface area contributed by atoms with Crippen molar-refractivity contribution in [3.63, 3.8) is 0 Å². The molecule has 1 aliphatic heterocycles. The molecule has 82 valence electrons. The normalized spacial score (nSPS) is 14.2. The van der Waals surface area contributed by atoms with Gasteiger partial charge in [0.2, 0.25) is 0 Å². The molecule has 0 atom stereocenters. The van der Waals surface area contributed by atoms with Crippen LogP contribution < -0.4 is 4.90 Å². The second-order valence-corrected chi connectivity index (χ2v) is 3.91. The molecule has 1 heterocycles. The Morgan fingerprint density at radius 3 is 2.75 bits per heavy atom. The smallest absolute Gasteiger partial charge is 0.297 e. The Morgan fingerprint density at radius 2 is 2.12 bits per heavy atom. The van der Waals surface area contributed by atoms with E-state index in [2.05, 4.69) is 6.58 Å². The molecule has 0 bridgehead atoms. The van der Waals surface area contributed by atoms with E-state index in [4.69, 9.17) is 11.6 Å². The van der Waals surface area contributed by atoms with E-state index >= 15 is 0 Å². The average molecular weight is 240 g/mol. The highest BCUT2D eigenvalue weighted by Gasteiger charge is 2.37. The zero-order valence-corrected chi connectivity index (χ0v) is 8.92. The number of hydrogen-bond acceptors (Lipinski definition) is 2. The highest BCUT2D eigenvalue weighted by molar-refractivity contribution is 6.52. The van der Waals surface area contributed by atoms with Gasteiger partial charge in [0.05, 0.1) is 17.8 Å². The lowest BCUT2D eigenvalue weighted by atomic mass is 10.1. The maximum Gasteiger partial charge on any atom is 0.299 e. The number of halogens is 2. The van der Waals surface area contributed by atoms with E-state index in [-0.39, 0.29) is 22.8 Å². The molecular weight excluding hydrogens is 233 g/mol. The minimum absolute atomic E-state index is 0.0145. The van der Waals surface area contributed by atoms with Crippen LogP contribution in [0.2, 0.25) is 0 Å². The number of hydrogen-bond donors (Lipinski definition) is 0. The Labute approximate surface area is 96.1 Å². The summed E-state index contributed by atoms with van der Waals surface area (Å²) in [5.41, 5.74) is 0.0576. The van der Waals surface area contributed by atoms with Crippen molar-refractivity contribution >= 4 is 29.0 Å². The summed E-state index contributed by atoms with van der Waals surface area (Å²) in [6.07, 6.45) is 0. The van der Waals surface area contributed by atoms with E-state index in [9.17, 15) is 14.0 Å². The van der Waals surface area contributed by atoms with E-state index in [1.807, 2.05) is 0 Å². The lowest BCUT2D eigenvalue weighted by molar-refractivity contribution is -0.114. The molecule has 1 aromatic rings. The molecule has 0 fully saturated rings. The van der Waals surface area contributed by atoms with Crippen LogP contribution in [-0.2, 0) is 4.79 Å². The zero-order valence-electron chi connectivity index (χ0n) is 8.17. The molecular formula is C11H7ClFNO2. The fraction of sp³-hybridized carbons (Fsp3) is 0.0909. The van der Waals surface area contributed by atoms with Crippen LogP contribution in [0.3, 0.4) is 0 Å². The average Bonchev–Trinajstić information content (AvgIpc) is 2.45. The van der Waals surface area contributed by atoms with Crippen LogP contribution in [0.4, 0.5) is 10.1 Å². The maximum atomic E-state index is 13.5. The van der Waals surface area contributed by atoms with Gasteiger partial charge >= 0.3 is 0 Å². The van der Waals surface area contributed by atoms with Crippen molar-refractivity contribution in [3.8, 4) is 0 Å². The lowest BCUT2D eigenvalue weighted by Crippen LogP contribution is -2.31. The van der Waals surface area contributed by atoms with Gasteiger partial charge in [0.25, 0.3) is 11.7 Å². The van der Waals surface area contributed by atoms with Crippen LogP contribution in [0.1, 0.15) is 10.4 Å². The predicted octanol–water partition coefficient (Wildman–Crippen LogP) is 2.11. The van der Waals surface area contributed by atoms with E-state index in [0.717, 1.165) is 4.90 Å². The standard InChI is InChI=1S/C11H7ClFNO2/c1-6(12)5-14-9-7(10(15)11(14)16)3-2-4-8(9)13/h2-4H,1,5H2. The van der Waals surface area contributed by atoms with Gasteiger partial charge in [0.1, 0.15) is 5.82 Å².